The van der Waals surface area contributed by atoms with Gasteiger partial charge >= 0.3 is 0 Å². The highest BCUT2D eigenvalue weighted by Crippen LogP contribution is 1.92. The lowest BCUT2D eigenvalue weighted by molar-refractivity contribution is -0.122. The van der Waals surface area contributed by atoms with Crippen molar-refractivity contribution in [2.75, 3.05) is 6.54 Å². The Morgan fingerprint density at radius 3 is 3.07 bits per heavy atom. The third-order valence-electron chi connectivity index (χ3n) is 2.16. The maximum Gasteiger partial charge on any atom is 0.236 e. The van der Waals surface area contributed by atoms with Crippen LogP contribution in [0.4, 0.5) is 0 Å². The molecular formula is C10H18N4O. The van der Waals surface area contributed by atoms with Gasteiger partial charge in [0.1, 0.15) is 0 Å². The standard InChI is InChI=1S/C10H18N4O/c1-2-3-9(11)10(15)13-5-7-14-6-4-12-8-14/h4,6,8-9H,2-3,5,7,11H2,1H3,(H,13,15). The monoisotopic (exact) mass is 210 g/mol. The Morgan fingerprint density at radius 2 is 2.47 bits per heavy atom. The largest absolute Gasteiger partial charge is 0.353 e. The van der Waals surface area contributed by atoms with Crippen LogP contribution in [0.15, 0.2) is 18.7 Å². The Bertz CT molecular complexity index is 284. The number of hydrogen-bond acceptors (Lipinski definition) is 3. The molecule has 1 unspecified atom stereocenters. The summed E-state index contributed by atoms with van der Waals surface area (Å²) in [6, 6.07) is -0.377. The number of amides is 1. The summed E-state index contributed by atoms with van der Waals surface area (Å²) in [7, 11) is 0. The highest BCUT2D eigenvalue weighted by atomic mass is 16.2. The van der Waals surface area contributed by atoms with Crippen molar-refractivity contribution in [1.29, 1.82) is 0 Å². The van der Waals surface area contributed by atoms with Crippen molar-refractivity contribution in [3.8, 4) is 0 Å². The van der Waals surface area contributed by atoms with E-state index in [1.54, 1.807) is 12.5 Å². The Labute approximate surface area is 89.7 Å². The van der Waals surface area contributed by atoms with E-state index in [0.29, 0.717) is 6.54 Å². The smallest absolute Gasteiger partial charge is 0.236 e. The summed E-state index contributed by atoms with van der Waals surface area (Å²) in [5, 5.41) is 2.79. The van der Waals surface area contributed by atoms with Crippen molar-refractivity contribution in [3.05, 3.63) is 18.7 Å². The number of aromatic nitrogens is 2. The van der Waals surface area contributed by atoms with Crippen LogP contribution in [0.25, 0.3) is 0 Å². The zero-order valence-corrected chi connectivity index (χ0v) is 9.02. The summed E-state index contributed by atoms with van der Waals surface area (Å²) < 4.78 is 1.91. The number of carbonyl (C=O) groups is 1. The molecule has 1 rings (SSSR count). The summed E-state index contributed by atoms with van der Waals surface area (Å²) in [6.07, 6.45) is 6.95. The minimum atomic E-state index is -0.377. The van der Waals surface area contributed by atoms with Gasteiger partial charge in [0, 0.05) is 25.5 Å². The summed E-state index contributed by atoms with van der Waals surface area (Å²) in [4.78, 5) is 15.3. The number of hydrogen-bond donors (Lipinski definition) is 2. The van der Waals surface area contributed by atoms with Crippen molar-refractivity contribution in [2.24, 2.45) is 5.73 Å². The van der Waals surface area contributed by atoms with E-state index in [-0.39, 0.29) is 11.9 Å². The summed E-state index contributed by atoms with van der Waals surface area (Å²) in [5.41, 5.74) is 5.66. The zero-order chi connectivity index (χ0) is 11.1. The van der Waals surface area contributed by atoms with Crippen LogP contribution < -0.4 is 11.1 Å². The fourth-order valence-corrected chi connectivity index (χ4v) is 1.30. The Kier molecular flexibility index (Phi) is 4.83. The SMILES string of the molecule is CCCC(N)C(=O)NCCn1ccnc1. The highest BCUT2D eigenvalue weighted by Gasteiger charge is 2.10. The molecule has 5 nitrogen and oxygen atoms in total. The fraction of sp³-hybridized carbons (Fsp3) is 0.600. The molecule has 0 spiro atoms. The predicted molar refractivity (Wildman–Crippen MR) is 58.1 cm³/mol. The second-order valence-electron chi connectivity index (χ2n) is 3.49. The summed E-state index contributed by atoms with van der Waals surface area (Å²) >= 11 is 0. The third-order valence-corrected chi connectivity index (χ3v) is 2.16. The van der Waals surface area contributed by atoms with Crippen LogP contribution in [0.3, 0.4) is 0 Å². The van der Waals surface area contributed by atoms with Gasteiger partial charge in [-0.15, -0.1) is 0 Å². The molecule has 1 heterocycles. The quantitative estimate of drug-likeness (QED) is 0.700. The van der Waals surface area contributed by atoms with Crippen molar-refractivity contribution < 1.29 is 4.79 Å². The maximum atomic E-state index is 11.4. The van der Waals surface area contributed by atoms with Gasteiger partial charge in [-0.2, -0.15) is 0 Å². The number of rotatable bonds is 6. The molecule has 0 saturated carbocycles. The average Bonchev–Trinajstić information content (AvgIpc) is 2.71. The van der Waals surface area contributed by atoms with Gasteiger partial charge in [0.2, 0.25) is 5.91 Å². The van der Waals surface area contributed by atoms with Crippen molar-refractivity contribution in [2.45, 2.75) is 32.4 Å². The van der Waals surface area contributed by atoms with E-state index in [1.807, 2.05) is 17.7 Å². The first-order valence-electron chi connectivity index (χ1n) is 5.23. The summed E-state index contributed by atoms with van der Waals surface area (Å²) in [5.74, 6) is -0.0723. The average molecular weight is 210 g/mol. The molecule has 0 aliphatic heterocycles. The molecule has 1 aromatic heterocycles. The number of nitrogens with one attached hydrogen (secondary N) is 1. The van der Waals surface area contributed by atoms with E-state index in [2.05, 4.69) is 10.3 Å². The Morgan fingerprint density at radius 1 is 1.67 bits per heavy atom. The van der Waals surface area contributed by atoms with Crippen molar-refractivity contribution in [1.82, 2.24) is 14.9 Å². The molecule has 0 radical (unpaired) electrons. The van der Waals surface area contributed by atoms with Gasteiger partial charge in [0.05, 0.1) is 12.4 Å². The van der Waals surface area contributed by atoms with Crippen LogP contribution >= 0.6 is 0 Å². The molecule has 15 heavy (non-hydrogen) atoms. The highest BCUT2D eigenvalue weighted by molar-refractivity contribution is 5.81. The lowest BCUT2D eigenvalue weighted by Gasteiger charge is -2.11. The number of nitrogens with zero attached hydrogens (tertiary/aromatic N) is 2. The van der Waals surface area contributed by atoms with Gasteiger partial charge < -0.3 is 15.6 Å². The normalized spacial score (nSPS) is 12.4. The first-order chi connectivity index (χ1) is 7.24. The van der Waals surface area contributed by atoms with Crippen LogP contribution in [0, 0.1) is 0 Å². The molecule has 0 fully saturated rings. The Balaban J connectivity index is 2.17. The molecule has 3 N–H and O–H groups in total. The first kappa shape index (κ1) is 11.7. The third kappa shape index (κ3) is 4.12. The van der Waals surface area contributed by atoms with Gasteiger partial charge in [-0.05, 0) is 6.42 Å². The second-order valence-corrected chi connectivity index (χ2v) is 3.49. The lowest BCUT2D eigenvalue weighted by Crippen LogP contribution is -2.41. The predicted octanol–water partition coefficient (Wildman–Crippen LogP) is 0.127. The molecule has 0 bridgehead atoms. The fourth-order valence-electron chi connectivity index (χ4n) is 1.30. The Hall–Kier alpha value is -1.36. The molecule has 0 aliphatic rings. The van der Waals surface area contributed by atoms with E-state index >= 15 is 0 Å². The lowest BCUT2D eigenvalue weighted by atomic mass is 10.2. The van der Waals surface area contributed by atoms with E-state index in [0.717, 1.165) is 19.4 Å². The van der Waals surface area contributed by atoms with Gasteiger partial charge in [-0.25, -0.2) is 4.98 Å². The molecule has 0 aromatic carbocycles. The molecule has 0 aliphatic carbocycles. The van der Waals surface area contributed by atoms with Crippen LogP contribution in [0.5, 0.6) is 0 Å². The topological polar surface area (TPSA) is 72.9 Å². The van der Waals surface area contributed by atoms with Crippen LogP contribution in [-0.2, 0) is 11.3 Å². The van der Waals surface area contributed by atoms with Crippen LogP contribution in [0.1, 0.15) is 19.8 Å². The van der Waals surface area contributed by atoms with E-state index in [1.165, 1.54) is 0 Å². The zero-order valence-electron chi connectivity index (χ0n) is 9.02. The number of carbonyl (C=O) groups excluding carboxylic acids is 1. The molecule has 84 valence electrons. The van der Waals surface area contributed by atoms with Gasteiger partial charge in [0.15, 0.2) is 0 Å². The van der Waals surface area contributed by atoms with E-state index < -0.39 is 0 Å². The van der Waals surface area contributed by atoms with Crippen molar-refractivity contribution in [3.63, 3.8) is 0 Å². The number of nitrogens with two attached hydrogens (primary N) is 1. The molecule has 1 amide bonds. The van der Waals surface area contributed by atoms with Gasteiger partial charge in [-0.1, -0.05) is 13.3 Å². The molecule has 1 atom stereocenters. The minimum absolute atomic E-state index is 0.0723. The molecule has 5 heteroatoms. The first-order valence-corrected chi connectivity index (χ1v) is 5.23. The second kappa shape index (κ2) is 6.19. The van der Waals surface area contributed by atoms with Crippen LogP contribution in [0.2, 0.25) is 0 Å². The minimum Gasteiger partial charge on any atom is -0.353 e. The van der Waals surface area contributed by atoms with Gasteiger partial charge in [-0.3, -0.25) is 4.79 Å². The molecule has 0 saturated heterocycles. The van der Waals surface area contributed by atoms with Gasteiger partial charge in [0.25, 0.3) is 0 Å². The number of imidazole rings is 1. The van der Waals surface area contributed by atoms with Crippen molar-refractivity contribution >= 4 is 5.91 Å². The van der Waals surface area contributed by atoms with Crippen LogP contribution in [-0.4, -0.2) is 28.0 Å². The van der Waals surface area contributed by atoms with E-state index in [4.69, 9.17) is 5.73 Å². The molecular weight excluding hydrogens is 192 g/mol. The van der Waals surface area contributed by atoms with E-state index in [9.17, 15) is 4.79 Å². The summed E-state index contributed by atoms with van der Waals surface area (Å²) in [6.45, 7) is 3.33. The maximum absolute atomic E-state index is 11.4. The molecule has 1 aromatic rings.